The maximum absolute atomic E-state index is 13.5. The third-order valence-electron chi connectivity index (χ3n) is 5.40. The average molecular weight is 588 g/mol. The second kappa shape index (κ2) is 13.2. The molecule has 0 aromatic heterocycles. The van der Waals surface area contributed by atoms with Gasteiger partial charge in [0, 0.05) is 23.1 Å². The second-order valence-electron chi connectivity index (χ2n) is 8.74. The Morgan fingerprint density at radius 1 is 0.943 bits per heavy atom. The van der Waals surface area contributed by atoms with E-state index in [-0.39, 0.29) is 36.7 Å². The summed E-state index contributed by atoms with van der Waals surface area (Å²) in [5, 5.41) is 2.98. The molecule has 0 radical (unpaired) electrons. The van der Waals surface area contributed by atoms with E-state index in [1.165, 1.54) is 17.0 Å². The number of carbonyl (C=O) groups is 2. The van der Waals surface area contributed by atoms with Crippen LogP contribution in [0.3, 0.4) is 0 Å². The van der Waals surface area contributed by atoms with Crippen molar-refractivity contribution in [2.75, 3.05) is 13.2 Å². The van der Waals surface area contributed by atoms with Crippen LogP contribution in [-0.4, -0.2) is 35.9 Å². The lowest BCUT2D eigenvalue weighted by molar-refractivity contribution is -0.142. The van der Waals surface area contributed by atoms with E-state index in [0.717, 1.165) is 14.7 Å². The molecule has 7 heteroatoms. The molecule has 1 atom stereocenters. The van der Waals surface area contributed by atoms with E-state index in [0.29, 0.717) is 18.7 Å². The third kappa shape index (κ3) is 8.65. The first-order valence-electron chi connectivity index (χ1n) is 11.6. The van der Waals surface area contributed by atoms with Crippen LogP contribution in [0, 0.1) is 15.3 Å². The van der Waals surface area contributed by atoms with Gasteiger partial charge in [0.1, 0.15) is 17.6 Å². The van der Waals surface area contributed by atoms with Crippen LogP contribution in [0.1, 0.15) is 25.0 Å². The van der Waals surface area contributed by atoms with E-state index in [1.807, 2.05) is 56.3 Å². The molecule has 0 aliphatic rings. The Morgan fingerprint density at radius 2 is 1.60 bits per heavy atom. The lowest BCUT2D eigenvalue weighted by atomic mass is 10.0. The lowest BCUT2D eigenvalue weighted by Crippen LogP contribution is -2.52. The summed E-state index contributed by atoms with van der Waals surface area (Å²) < 4.78 is 20.3. The number of hydrogen-bond acceptors (Lipinski definition) is 3. The van der Waals surface area contributed by atoms with Gasteiger partial charge in [-0.05, 0) is 76.0 Å². The van der Waals surface area contributed by atoms with E-state index in [1.54, 1.807) is 24.3 Å². The molecule has 1 N–H and O–H groups in total. The van der Waals surface area contributed by atoms with Crippen LogP contribution in [0.15, 0.2) is 78.9 Å². The van der Waals surface area contributed by atoms with Gasteiger partial charge in [0.25, 0.3) is 5.91 Å². The number of hydrogen-bond donors (Lipinski definition) is 1. The summed E-state index contributed by atoms with van der Waals surface area (Å²) >= 11 is 2.20. The van der Waals surface area contributed by atoms with Crippen LogP contribution < -0.4 is 10.1 Å². The van der Waals surface area contributed by atoms with E-state index in [2.05, 4.69) is 27.9 Å². The van der Waals surface area contributed by atoms with E-state index in [9.17, 15) is 14.0 Å². The Labute approximate surface area is 219 Å². The van der Waals surface area contributed by atoms with Crippen molar-refractivity contribution in [3.8, 4) is 5.75 Å². The quantitative estimate of drug-likeness (QED) is 0.313. The third-order valence-corrected chi connectivity index (χ3v) is 6.12. The molecule has 35 heavy (non-hydrogen) atoms. The number of rotatable bonds is 11. The van der Waals surface area contributed by atoms with E-state index >= 15 is 0 Å². The Hall–Kier alpha value is -2.94. The molecular weight excluding hydrogens is 558 g/mol. The predicted molar refractivity (Wildman–Crippen MR) is 143 cm³/mol. The molecule has 0 fully saturated rings. The SMILES string of the molecule is CC(C)CNC(=O)[C@@H](Cc1ccccc1)N(Cc1ccc(F)cc1)C(=O)COc1ccc(I)cc1. The zero-order valence-corrected chi connectivity index (χ0v) is 22.1. The summed E-state index contributed by atoms with van der Waals surface area (Å²) in [6.45, 7) is 4.47. The van der Waals surface area contributed by atoms with Gasteiger partial charge in [-0.15, -0.1) is 0 Å². The fourth-order valence-corrected chi connectivity index (χ4v) is 3.88. The number of nitrogens with one attached hydrogen (secondary N) is 1. The molecular formula is C28H30FIN2O3. The zero-order chi connectivity index (χ0) is 25.2. The molecule has 3 aromatic carbocycles. The van der Waals surface area contributed by atoms with Gasteiger partial charge in [-0.25, -0.2) is 4.39 Å². The van der Waals surface area contributed by atoms with E-state index in [4.69, 9.17) is 4.74 Å². The minimum atomic E-state index is -0.756. The van der Waals surface area contributed by atoms with Gasteiger partial charge in [-0.1, -0.05) is 56.3 Å². The smallest absolute Gasteiger partial charge is 0.261 e. The Bertz CT molecular complexity index is 1090. The number of benzene rings is 3. The van der Waals surface area contributed by atoms with Gasteiger partial charge >= 0.3 is 0 Å². The van der Waals surface area contributed by atoms with Crippen LogP contribution in [0.2, 0.25) is 0 Å². The van der Waals surface area contributed by atoms with Crippen LogP contribution in [0.5, 0.6) is 5.75 Å². The molecule has 2 amide bonds. The van der Waals surface area contributed by atoms with Crippen molar-refractivity contribution in [2.24, 2.45) is 5.92 Å². The van der Waals surface area contributed by atoms with E-state index < -0.39 is 6.04 Å². The van der Waals surface area contributed by atoms with Crippen LogP contribution in [0.4, 0.5) is 4.39 Å². The minimum Gasteiger partial charge on any atom is -0.484 e. The van der Waals surface area contributed by atoms with Gasteiger partial charge < -0.3 is 15.0 Å². The molecule has 3 rings (SSSR count). The molecule has 0 saturated heterocycles. The monoisotopic (exact) mass is 588 g/mol. The van der Waals surface area contributed by atoms with Gasteiger partial charge in [-0.2, -0.15) is 0 Å². The van der Waals surface area contributed by atoms with Gasteiger partial charge in [-0.3, -0.25) is 9.59 Å². The predicted octanol–water partition coefficient (Wildman–Crippen LogP) is 5.22. The minimum absolute atomic E-state index is 0.155. The highest BCUT2D eigenvalue weighted by Crippen LogP contribution is 2.17. The number of ether oxygens (including phenoxy) is 1. The Balaban J connectivity index is 1.88. The molecule has 0 aliphatic carbocycles. The highest BCUT2D eigenvalue weighted by atomic mass is 127. The van der Waals surface area contributed by atoms with Gasteiger partial charge in [0.05, 0.1) is 0 Å². The highest BCUT2D eigenvalue weighted by Gasteiger charge is 2.30. The largest absolute Gasteiger partial charge is 0.484 e. The second-order valence-corrected chi connectivity index (χ2v) is 9.98. The standard InChI is InChI=1S/C28H30FIN2O3/c1-20(2)17-31-28(34)26(16-21-6-4-3-5-7-21)32(18-22-8-10-23(29)11-9-22)27(33)19-35-25-14-12-24(30)13-15-25/h3-15,20,26H,16-19H2,1-2H3,(H,31,34)/t26-/m1/s1. The summed E-state index contributed by atoms with van der Waals surface area (Å²) in [4.78, 5) is 28.4. The number of carbonyl (C=O) groups excluding carboxylic acids is 2. The fraction of sp³-hybridized carbons (Fsp3) is 0.286. The van der Waals surface area contributed by atoms with Crippen molar-refractivity contribution >= 4 is 34.4 Å². The van der Waals surface area contributed by atoms with Gasteiger partial charge in [0.15, 0.2) is 6.61 Å². The van der Waals surface area contributed by atoms with Crippen molar-refractivity contribution in [3.63, 3.8) is 0 Å². The van der Waals surface area contributed by atoms with Gasteiger partial charge in [0.2, 0.25) is 5.91 Å². The van der Waals surface area contributed by atoms with Crippen molar-refractivity contribution in [1.29, 1.82) is 0 Å². The molecule has 0 spiro atoms. The summed E-state index contributed by atoms with van der Waals surface area (Å²) in [6, 6.07) is 22.2. The van der Waals surface area contributed by atoms with Crippen molar-refractivity contribution < 1.29 is 18.7 Å². The van der Waals surface area contributed by atoms with Crippen molar-refractivity contribution in [2.45, 2.75) is 32.9 Å². The van der Waals surface area contributed by atoms with Crippen LogP contribution in [0.25, 0.3) is 0 Å². The summed E-state index contributed by atoms with van der Waals surface area (Å²) in [7, 11) is 0. The number of amides is 2. The molecule has 0 saturated carbocycles. The first-order chi connectivity index (χ1) is 16.8. The first kappa shape index (κ1) is 26.7. The molecule has 0 heterocycles. The summed E-state index contributed by atoms with van der Waals surface area (Å²) in [5.74, 6) is -0.0730. The van der Waals surface area contributed by atoms with Crippen molar-refractivity contribution in [1.82, 2.24) is 10.2 Å². The molecule has 0 unspecified atom stereocenters. The lowest BCUT2D eigenvalue weighted by Gasteiger charge is -2.31. The number of nitrogens with zero attached hydrogens (tertiary/aromatic N) is 1. The molecule has 3 aromatic rings. The zero-order valence-electron chi connectivity index (χ0n) is 19.9. The highest BCUT2D eigenvalue weighted by molar-refractivity contribution is 14.1. The normalized spacial score (nSPS) is 11.7. The summed E-state index contributed by atoms with van der Waals surface area (Å²) in [6.07, 6.45) is 0.348. The molecule has 0 bridgehead atoms. The number of halogens is 2. The van der Waals surface area contributed by atoms with Crippen LogP contribution >= 0.6 is 22.6 Å². The Morgan fingerprint density at radius 3 is 2.23 bits per heavy atom. The maximum Gasteiger partial charge on any atom is 0.261 e. The maximum atomic E-state index is 13.5. The Kier molecular flexibility index (Phi) is 10.1. The van der Waals surface area contributed by atoms with Crippen LogP contribution in [-0.2, 0) is 22.6 Å². The molecule has 0 aliphatic heterocycles. The molecule has 184 valence electrons. The first-order valence-corrected chi connectivity index (χ1v) is 12.6. The topological polar surface area (TPSA) is 58.6 Å². The molecule has 5 nitrogen and oxygen atoms in total. The average Bonchev–Trinajstić information content (AvgIpc) is 2.86. The fourth-order valence-electron chi connectivity index (χ4n) is 3.52. The van der Waals surface area contributed by atoms with Crippen molar-refractivity contribution in [3.05, 3.63) is 99.4 Å². The summed E-state index contributed by atoms with van der Waals surface area (Å²) in [5.41, 5.74) is 1.66.